The second-order valence-corrected chi connectivity index (χ2v) is 10.7. The van der Waals surface area contributed by atoms with E-state index in [1.807, 2.05) is 11.4 Å². The van der Waals surface area contributed by atoms with Crippen molar-refractivity contribution in [2.75, 3.05) is 32.5 Å². The zero-order valence-electron chi connectivity index (χ0n) is 18.9. The number of carbonyl (C=O) groups is 2. The number of thiophene rings is 1. The first-order valence-electron chi connectivity index (χ1n) is 11.2. The van der Waals surface area contributed by atoms with Crippen LogP contribution in [0, 0.1) is 17.7 Å². The number of methoxy groups -OCH3 is 1. The quantitative estimate of drug-likeness (QED) is 0.301. The van der Waals surface area contributed by atoms with Crippen molar-refractivity contribution in [3.8, 4) is 5.75 Å². The largest absolute Gasteiger partial charge is 0.497 e. The summed E-state index contributed by atoms with van der Waals surface area (Å²) in [7, 11) is 1.51. The summed E-state index contributed by atoms with van der Waals surface area (Å²) in [6, 6.07) is 9.13. The number of carboxylic acids is 1. The van der Waals surface area contributed by atoms with Gasteiger partial charge in [0.2, 0.25) is 0 Å². The maximum atomic E-state index is 14.6. The minimum absolute atomic E-state index is 0.00110. The first-order chi connectivity index (χ1) is 16.5. The fourth-order valence-electron chi connectivity index (χ4n) is 4.52. The van der Waals surface area contributed by atoms with E-state index in [2.05, 4.69) is 16.0 Å². The van der Waals surface area contributed by atoms with E-state index in [0.717, 1.165) is 25.0 Å². The Kier molecular flexibility index (Phi) is 8.18. The molecule has 0 aliphatic carbocycles. The van der Waals surface area contributed by atoms with Crippen molar-refractivity contribution in [2.45, 2.75) is 23.5 Å². The van der Waals surface area contributed by atoms with E-state index in [0.29, 0.717) is 36.0 Å². The molecule has 9 heteroatoms. The van der Waals surface area contributed by atoms with Gasteiger partial charge in [0.1, 0.15) is 5.75 Å². The Morgan fingerprint density at radius 3 is 2.94 bits per heavy atom. The van der Waals surface area contributed by atoms with E-state index in [1.165, 1.54) is 11.3 Å². The van der Waals surface area contributed by atoms with Gasteiger partial charge in [-0.05, 0) is 54.9 Å². The molecule has 1 aliphatic rings. The Morgan fingerprint density at radius 1 is 1.35 bits per heavy atom. The van der Waals surface area contributed by atoms with Crippen molar-refractivity contribution in [3.63, 3.8) is 0 Å². The summed E-state index contributed by atoms with van der Waals surface area (Å²) in [6.07, 6.45) is 2.28. The van der Waals surface area contributed by atoms with E-state index in [4.69, 9.17) is 4.74 Å². The number of aliphatic carboxylic acids is 1. The molecule has 3 aromatic rings. The molecule has 0 bridgehead atoms. The first-order valence-corrected chi connectivity index (χ1v) is 13.1. The molecule has 3 heterocycles. The van der Waals surface area contributed by atoms with Gasteiger partial charge in [0, 0.05) is 30.6 Å². The second kappa shape index (κ2) is 11.3. The Hall–Kier alpha value is -2.49. The van der Waals surface area contributed by atoms with Crippen LogP contribution in [0.2, 0.25) is 0 Å². The SMILES string of the molecule is COc1ccc2ncc(F)c(C(=O)CC[C@H]3CCN(CCSc4cccs4)C[C@H]3C(=O)O)c2c1. The third-order valence-electron chi connectivity index (χ3n) is 6.35. The van der Waals surface area contributed by atoms with Gasteiger partial charge in [-0.15, -0.1) is 23.1 Å². The van der Waals surface area contributed by atoms with Crippen LogP contribution in [0.25, 0.3) is 10.9 Å². The predicted molar refractivity (Wildman–Crippen MR) is 133 cm³/mol. The number of hydrogen-bond acceptors (Lipinski definition) is 7. The van der Waals surface area contributed by atoms with Gasteiger partial charge in [-0.3, -0.25) is 14.6 Å². The Morgan fingerprint density at radius 2 is 2.21 bits per heavy atom. The van der Waals surface area contributed by atoms with Crippen LogP contribution < -0.4 is 4.74 Å². The summed E-state index contributed by atoms with van der Waals surface area (Å²) >= 11 is 3.49. The molecule has 1 N–H and O–H groups in total. The lowest BCUT2D eigenvalue weighted by atomic mass is 9.81. The van der Waals surface area contributed by atoms with Gasteiger partial charge in [-0.1, -0.05) is 6.07 Å². The third-order valence-corrected chi connectivity index (χ3v) is 8.47. The highest BCUT2D eigenvalue weighted by atomic mass is 32.2. The van der Waals surface area contributed by atoms with Crippen LogP contribution in [0.5, 0.6) is 5.75 Å². The standard InChI is InChI=1S/C25H27FN2O4S2/c1-32-17-5-6-21-18(13-17)24(20(26)14-27-21)22(29)7-4-16-8-9-28(15-19(16)25(30)31)10-12-34-23-3-2-11-33-23/h2-3,5-6,11,13-14,16,19H,4,7-10,12,15H2,1H3,(H,30,31)/t16-,19+/m0/s1. The van der Waals surface area contributed by atoms with Gasteiger partial charge in [0.25, 0.3) is 0 Å². The van der Waals surface area contributed by atoms with Crippen LogP contribution in [0.1, 0.15) is 29.6 Å². The molecule has 1 fully saturated rings. The fourth-order valence-corrected chi connectivity index (χ4v) is 6.38. The van der Waals surface area contributed by atoms with E-state index >= 15 is 0 Å². The molecule has 0 unspecified atom stereocenters. The number of rotatable bonds is 10. The van der Waals surface area contributed by atoms with Crippen molar-refractivity contribution < 1.29 is 23.8 Å². The summed E-state index contributed by atoms with van der Waals surface area (Å²) in [5.74, 6) is -1.06. The molecule has 6 nitrogen and oxygen atoms in total. The number of halogens is 1. The second-order valence-electron chi connectivity index (χ2n) is 8.40. The van der Waals surface area contributed by atoms with Crippen LogP contribution in [-0.2, 0) is 4.79 Å². The Labute approximate surface area is 206 Å². The smallest absolute Gasteiger partial charge is 0.308 e. The summed E-state index contributed by atoms with van der Waals surface area (Å²) < 4.78 is 21.1. The molecule has 0 amide bonds. The number of aromatic nitrogens is 1. The fraction of sp³-hybridized carbons (Fsp3) is 0.400. The molecule has 34 heavy (non-hydrogen) atoms. The van der Waals surface area contributed by atoms with Crippen LogP contribution in [0.15, 0.2) is 46.1 Å². The number of carbonyl (C=O) groups excluding carboxylic acids is 1. The van der Waals surface area contributed by atoms with Gasteiger partial charge in [0.15, 0.2) is 11.6 Å². The number of Topliss-reactive ketones (excluding diaryl/α,β-unsaturated/α-hetero) is 1. The van der Waals surface area contributed by atoms with E-state index in [1.54, 1.807) is 41.3 Å². The van der Waals surface area contributed by atoms with Crippen molar-refractivity contribution in [2.24, 2.45) is 11.8 Å². The minimum Gasteiger partial charge on any atom is -0.497 e. The number of ether oxygens (including phenoxy) is 1. The molecular formula is C25H27FN2O4S2. The topological polar surface area (TPSA) is 79.7 Å². The maximum Gasteiger partial charge on any atom is 0.308 e. The number of carboxylic acid groups (broad SMARTS) is 1. The Bertz CT molecular complexity index is 1160. The number of benzene rings is 1. The van der Waals surface area contributed by atoms with Crippen LogP contribution in [-0.4, -0.2) is 59.2 Å². The average molecular weight is 503 g/mol. The zero-order chi connectivity index (χ0) is 24.1. The van der Waals surface area contributed by atoms with Gasteiger partial charge < -0.3 is 14.7 Å². The molecule has 1 saturated heterocycles. The van der Waals surface area contributed by atoms with Crippen LogP contribution in [0.3, 0.4) is 0 Å². The summed E-state index contributed by atoms with van der Waals surface area (Å²) in [6.45, 7) is 2.11. The van der Waals surface area contributed by atoms with Gasteiger partial charge >= 0.3 is 5.97 Å². The molecule has 180 valence electrons. The molecule has 4 rings (SSSR count). The summed E-state index contributed by atoms with van der Waals surface area (Å²) in [5.41, 5.74) is 0.515. The van der Waals surface area contributed by atoms with E-state index in [9.17, 15) is 19.1 Å². The third kappa shape index (κ3) is 5.76. The normalized spacial score (nSPS) is 18.8. The van der Waals surface area contributed by atoms with Gasteiger partial charge in [-0.2, -0.15) is 0 Å². The lowest BCUT2D eigenvalue weighted by molar-refractivity contribution is -0.146. The molecule has 0 radical (unpaired) electrons. The first kappa shape index (κ1) is 24.6. The number of likely N-dealkylation sites (tertiary alicyclic amines) is 1. The van der Waals surface area contributed by atoms with Gasteiger partial charge in [0.05, 0.1) is 34.5 Å². The molecule has 0 spiro atoms. The lowest BCUT2D eigenvalue weighted by Crippen LogP contribution is -2.44. The average Bonchev–Trinajstić information content (AvgIpc) is 3.36. The molecule has 1 aromatic carbocycles. The maximum absolute atomic E-state index is 14.6. The number of ketones is 1. The Balaban J connectivity index is 1.38. The molecule has 0 saturated carbocycles. The molecule has 1 aliphatic heterocycles. The highest BCUT2D eigenvalue weighted by molar-refractivity contribution is 8.01. The number of piperidine rings is 1. The highest BCUT2D eigenvalue weighted by Crippen LogP contribution is 2.31. The van der Waals surface area contributed by atoms with Crippen LogP contribution >= 0.6 is 23.1 Å². The van der Waals surface area contributed by atoms with Crippen molar-refractivity contribution in [1.82, 2.24) is 9.88 Å². The number of hydrogen-bond donors (Lipinski definition) is 1. The lowest BCUT2D eigenvalue weighted by Gasteiger charge is -2.36. The highest BCUT2D eigenvalue weighted by Gasteiger charge is 2.34. The summed E-state index contributed by atoms with van der Waals surface area (Å²) in [4.78, 5) is 31.3. The molecular weight excluding hydrogens is 475 g/mol. The summed E-state index contributed by atoms with van der Waals surface area (Å²) in [5, 5.41) is 12.3. The van der Waals surface area contributed by atoms with Crippen molar-refractivity contribution in [1.29, 1.82) is 0 Å². The minimum atomic E-state index is -0.835. The van der Waals surface area contributed by atoms with Crippen molar-refractivity contribution >= 4 is 45.8 Å². The number of nitrogens with zero attached hydrogens (tertiary/aromatic N) is 2. The van der Waals surface area contributed by atoms with E-state index < -0.39 is 17.7 Å². The number of thioether (sulfide) groups is 1. The zero-order valence-corrected chi connectivity index (χ0v) is 20.5. The molecule has 2 aromatic heterocycles. The number of pyridine rings is 1. The number of fused-ring (bicyclic) bond motifs is 1. The van der Waals surface area contributed by atoms with Crippen LogP contribution in [0.4, 0.5) is 4.39 Å². The van der Waals surface area contributed by atoms with Gasteiger partial charge in [-0.25, -0.2) is 4.39 Å². The molecule has 2 atom stereocenters. The van der Waals surface area contributed by atoms with E-state index in [-0.39, 0.29) is 23.7 Å². The monoisotopic (exact) mass is 502 g/mol. The predicted octanol–water partition coefficient (Wildman–Crippen LogP) is 5.22. The van der Waals surface area contributed by atoms with Crippen molar-refractivity contribution in [3.05, 3.63) is 53.3 Å².